The summed E-state index contributed by atoms with van der Waals surface area (Å²) >= 11 is 0. The zero-order valence-corrected chi connectivity index (χ0v) is 12.6. The highest BCUT2D eigenvalue weighted by Crippen LogP contribution is 2.26. The molecule has 4 heteroatoms. The second kappa shape index (κ2) is 7.91. The fraction of sp³-hybridized carbons (Fsp3) is 0.588. The van der Waals surface area contributed by atoms with Gasteiger partial charge in [0.15, 0.2) is 0 Å². The van der Waals surface area contributed by atoms with Crippen molar-refractivity contribution in [3.05, 3.63) is 35.3 Å². The summed E-state index contributed by atoms with van der Waals surface area (Å²) in [5.41, 5.74) is 0.369. The number of allylic oxidation sites excluding steroid dienone is 5. The molecule has 116 valence electrons. The topological polar surface area (TPSA) is 55.8 Å². The lowest BCUT2D eigenvalue weighted by atomic mass is 10.2. The van der Waals surface area contributed by atoms with Gasteiger partial charge in [0, 0.05) is 24.8 Å². The molecule has 0 aliphatic heterocycles. The first kappa shape index (κ1) is 15.7. The monoisotopic (exact) mass is 292 g/mol. The predicted octanol–water partition coefficient (Wildman–Crippen LogP) is 4.29. The van der Waals surface area contributed by atoms with Crippen LogP contribution >= 0.6 is 0 Å². The zero-order valence-electron chi connectivity index (χ0n) is 12.6. The molecule has 1 N–H and O–H groups in total. The Labute approximate surface area is 126 Å². The molecule has 0 amide bonds. The second-order valence-corrected chi connectivity index (χ2v) is 5.56. The Morgan fingerprint density at radius 2 is 1.81 bits per heavy atom. The van der Waals surface area contributed by atoms with Gasteiger partial charge >= 0.3 is 5.97 Å². The molecule has 0 aromatic carbocycles. The molecule has 0 saturated heterocycles. The fourth-order valence-corrected chi connectivity index (χ4v) is 2.50. The van der Waals surface area contributed by atoms with Gasteiger partial charge in [0.25, 0.3) is 0 Å². The SMILES string of the molecule is CC(=CCCC(OC1=CCCC1)OC1=CCCC1)C(=O)O. The van der Waals surface area contributed by atoms with Crippen LogP contribution in [0.5, 0.6) is 0 Å². The number of hydrogen-bond acceptors (Lipinski definition) is 3. The maximum Gasteiger partial charge on any atom is 0.330 e. The minimum Gasteiger partial charge on any atom is -0.478 e. The van der Waals surface area contributed by atoms with Crippen LogP contribution in [0.2, 0.25) is 0 Å². The van der Waals surface area contributed by atoms with E-state index in [0.717, 1.165) is 50.0 Å². The molecule has 0 saturated carbocycles. The largest absolute Gasteiger partial charge is 0.478 e. The van der Waals surface area contributed by atoms with E-state index in [1.807, 2.05) is 0 Å². The second-order valence-electron chi connectivity index (χ2n) is 5.56. The highest BCUT2D eigenvalue weighted by Gasteiger charge is 2.18. The summed E-state index contributed by atoms with van der Waals surface area (Å²) in [6, 6.07) is 0. The third kappa shape index (κ3) is 5.29. The van der Waals surface area contributed by atoms with Crippen molar-refractivity contribution in [2.45, 2.75) is 64.6 Å². The van der Waals surface area contributed by atoms with E-state index in [4.69, 9.17) is 14.6 Å². The zero-order chi connectivity index (χ0) is 15.1. The Bertz CT molecular complexity index is 433. The molecule has 0 radical (unpaired) electrons. The van der Waals surface area contributed by atoms with E-state index in [9.17, 15) is 4.79 Å². The minimum absolute atomic E-state index is 0.309. The van der Waals surface area contributed by atoms with E-state index in [1.54, 1.807) is 13.0 Å². The van der Waals surface area contributed by atoms with E-state index in [-0.39, 0.29) is 6.29 Å². The van der Waals surface area contributed by atoms with Crippen molar-refractivity contribution >= 4 is 5.97 Å². The van der Waals surface area contributed by atoms with Crippen molar-refractivity contribution in [1.82, 2.24) is 0 Å². The average molecular weight is 292 g/mol. The molecule has 21 heavy (non-hydrogen) atoms. The highest BCUT2D eigenvalue weighted by atomic mass is 16.7. The number of rotatable bonds is 8. The molecule has 2 aliphatic rings. The fourth-order valence-electron chi connectivity index (χ4n) is 2.50. The van der Waals surface area contributed by atoms with Crippen LogP contribution in [0.4, 0.5) is 0 Å². The maximum atomic E-state index is 10.8. The quantitative estimate of drug-likeness (QED) is 0.535. The lowest BCUT2D eigenvalue weighted by molar-refractivity contribution is -0.132. The van der Waals surface area contributed by atoms with Crippen LogP contribution in [0.25, 0.3) is 0 Å². The summed E-state index contributed by atoms with van der Waals surface area (Å²) < 4.78 is 11.9. The normalized spacial score (nSPS) is 18.7. The summed E-state index contributed by atoms with van der Waals surface area (Å²) in [6.07, 6.45) is 13.4. The molecular formula is C17H24O4. The Balaban J connectivity index is 1.87. The average Bonchev–Trinajstić information content (AvgIpc) is 3.11. The molecular weight excluding hydrogens is 268 g/mol. The van der Waals surface area contributed by atoms with Gasteiger partial charge in [0.2, 0.25) is 6.29 Å². The van der Waals surface area contributed by atoms with Gasteiger partial charge < -0.3 is 14.6 Å². The molecule has 0 aromatic rings. The Kier molecular flexibility index (Phi) is 5.90. The standard InChI is InChI=1S/C17H24O4/c1-13(17(18)19)7-6-12-16(20-14-8-2-3-9-14)21-15-10-4-5-11-15/h7-8,10,16H,2-6,9,11-12H2,1H3,(H,18,19). The minimum atomic E-state index is -0.870. The molecule has 0 fully saturated rings. The highest BCUT2D eigenvalue weighted by molar-refractivity contribution is 5.85. The first-order chi connectivity index (χ1) is 10.1. The Morgan fingerprint density at radius 3 is 2.24 bits per heavy atom. The maximum absolute atomic E-state index is 10.8. The van der Waals surface area contributed by atoms with Crippen molar-refractivity contribution < 1.29 is 19.4 Å². The van der Waals surface area contributed by atoms with Gasteiger partial charge in [-0.15, -0.1) is 0 Å². The lowest BCUT2D eigenvalue weighted by Crippen LogP contribution is -2.16. The van der Waals surface area contributed by atoms with E-state index >= 15 is 0 Å². The Morgan fingerprint density at radius 1 is 1.24 bits per heavy atom. The first-order valence-corrected chi connectivity index (χ1v) is 7.76. The van der Waals surface area contributed by atoms with Crippen molar-refractivity contribution in [2.75, 3.05) is 0 Å². The first-order valence-electron chi connectivity index (χ1n) is 7.76. The van der Waals surface area contributed by atoms with Gasteiger partial charge in [-0.1, -0.05) is 6.08 Å². The van der Waals surface area contributed by atoms with Gasteiger partial charge in [-0.05, 0) is 51.2 Å². The predicted molar refractivity (Wildman–Crippen MR) is 80.5 cm³/mol. The third-order valence-electron chi connectivity index (χ3n) is 3.75. The molecule has 0 spiro atoms. The van der Waals surface area contributed by atoms with Crippen molar-refractivity contribution in [2.24, 2.45) is 0 Å². The van der Waals surface area contributed by atoms with E-state index in [2.05, 4.69) is 12.2 Å². The summed E-state index contributed by atoms with van der Waals surface area (Å²) in [4.78, 5) is 10.8. The van der Waals surface area contributed by atoms with Crippen LogP contribution in [-0.2, 0) is 14.3 Å². The number of hydrogen-bond donors (Lipinski definition) is 1. The van der Waals surface area contributed by atoms with Crippen molar-refractivity contribution in [3.63, 3.8) is 0 Å². The van der Waals surface area contributed by atoms with Gasteiger partial charge in [0.1, 0.15) is 0 Å². The third-order valence-corrected chi connectivity index (χ3v) is 3.75. The molecule has 2 aliphatic carbocycles. The lowest BCUT2D eigenvalue weighted by Gasteiger charge is -2.21. The number of carboxylic acids is 1. The molecule has 2 rings (SSSR count). The molecule has 0 atom stereocenters. The smallest absolute Gasteiger partial charge is 0.330 e. The van der Waals surface area contributed by atoms with Crippen LogP contribution in [0.3, 0.4) is 0 Å². The van der Waals surface area contributed by atoms with Gasteiger partial charge in [-0.2, -0.15) is 0 Å². The molecule has 0 aromatic heterocycles. The number of carbonyl (C=O) groups is 1. The number of ether oxygens (including phenoxy) is 2. The van der Waals surface area contributed by atoms with Crippen LogP contribution in [0.1, 0.15) is 58.3 Å². The van der Waals surface area contributed by atoms with E-state index in [0.29, 0.717) is 18.4 Å². The van der Waals surface area contributed by atoms with E-state index < -0.39 is 5.97 Å². The summed E-state index contributed by atoms with van der Waals surface area (Å²) in [5, 5.41) is 8.86. The molecule has 0 unspecified atom stereocenters. The number of aliphatic carboxylic acids is 1. The van der Waals surface area contributed by atoms with E-state index in [1.165, 1.54) is 0 Å². The van der Waals surface area contributed by atoms with Crippen LogP contribution in [0, 0.1) is 0 Å². The number of carboxylic acid groups (broad SMARTS) is 1. The van der Waals surface area contributed by atoms with Crippen molar-refractivity contribution in [3.8, 4) is 0 Å². The van der Waals surface area contributed by atoms with Gasteiger partial charge in [0.05, 0.1) is 11.5 Å². The molecule has 4 nitrogen and oxygen atoms in total. The van der Waals surface area contributed by atoms with Crippen LogP contribution in [-0.4, -0.2) is 17.4 Å². The van der Waals surface area contributed by atoms with Gasteiger partial charge in [-0.3, -0.25) is 0 Å². The summed E-state index contributed by atoms with van der Waals surface area (Å²) in [7, 11) is 0. The van der Waals surface area contributed by atoms with Gasteiger partial charge in [-0.25, -0.2) is 4.79 Å². The molecule has 0 heterocycles. The van der Waals surface area contributed by atoms with Crippen LogP contribution < -0.4 is 0 Å². The summed E-state index contributed by atoms with van der Waals surface area (Å²) in [5.74, 6) is 1.15. The van der Waals surface area contributed by atoms with Crippen molar-refractivity contribution in [1.29, 1.82) is 0 Å². The summed E-state index contributed by atoms with van der Waals surface area (Å²) in [6.45, 7) is 1.61. The van der Waals surface area contributed by atoms with Crippen LogP contribution in [0.15, 0.2) is 35.3 Å². The molecule has 0 bridgehead atoms. The Hall–Kier alpha value is -1.71.